The Morgan fingerprint density at radius 1 is 1.56 bits per heavy atom. The molecule has 0 aliphatic carbocycles. The summed E-state index contributed by atoms with van der Waals surface area (Å²) < 4.78 is -1.77. The summed E-state index contributed by atoms with van der Waals surface area (Å²) in [7, 11) is 0. The maximum Gasteiger partial charge on any atom is 0.178 e. The average Bonchev–Trinajstić information content (AvgIpc) is 2.17. The van der Waals surface area contributed by atoms with E-state index in [9.17, 15) is 15.0 Å². The van der Waals surface area contributed by atoms with Gasteiger partial charge in [0.1, 0.15) is 6.09 Å². The number of hydrogen-bond donors (Lipinski definition) is 1. The zero-order valence-corrected chi connectivity index (χ0v) is 11.4. The maximum absolute atomic E-state index is 10.8. The summed E-state index contributed by atoms with van der Waals surface area (Å²) in [5.41, 5.74) is 0. The first-order chi connectivity index (χ1) is 7.25. The van der Waals surface area contributed by atoms with Gasteiger partial charge in [-0.3, -0.25) is 0 Å². The minimum Gasteiger partial charge on any atom is -0.530 e. The number of carbonyl (C=O) groups excluding carboxylic acids is 1. The van der Waals surface area contributed by atoms with E-state index in [4.69, 9.17) is 34.8 Å². The molecular formula is C9H15Cl3NO3-. The Balaban J connectivity index is 4.72. The summed E-state index contributed by atoms with van der Waals surface area (Å²) in [4.78, 5) is 11.5. The zero-order chi connectivity index (χ0) is 12.9. The third kappa shape index (κ3) is 4.17. The highest BCUT2D eigenvalue weighted by atomic mass is 35.5. The smallest absolute Gasteiger partial charge is 0.178 e. The monoisotopic (exact) mass is 290 g/mol. The Bertz CT molecular complexity index is 236. The first-order valence-electron chi connectivity index (χ1n) is 4.92. The van der Waals surface area contributed by atoms with Crippen molar-refractivity contribution in [1.29, 1.82) is 0 Å². The molecule has 1 amide bonds. The molecule has 16 heavy (non-hydrogen) atoms. The summed E-state index contributed by atoms with van der Waals surface area (Å²) in [6.45, 7) is 3.46. The minimum absolute atomic E-state index is 0.102. The zero-order valence-electron chi connectivity index (χ0n) is 9.12. The lowest BCUT2D eigenvalue weighted by Gasteiger charge is -2.38. The average molecular weight is 292 g/mol. The van der Waals surface area contributed by atoms with Gasteiger partial charge in [0.15, 0.2) is 10.6 Å². The van der Waals surface area contributed by atoms with Crippen LogP contribution in [0.2, 0.25) is 0 Å². The van der Waals surface area contributed by atoms with E-state index in [0.29, 0.717) is 11.3 Å². The molecule has 0 fully saturated rings. The fourth-order valence-corrected chi connectivity index (χ4v) is 1.40. The van der Waals surface area contributed by atoms with Gasteiger partial charge < -0.3 is 19.9 Å². The number of carboxylic acid groups (broad SMARTS) is 1. The van der Waals surface area contributed by atoms with Gasteiger partial charge in [-0.15, -0.1) is 11.6 Å². The number of aliphatic hydroxyl groups excluding tert-OH is 1. The van der Waals surface area contributed by atoms with Crippen molar-refractivity contribution in [1.82, 2.24) is 4.90 Å². The molecule has 7 heteroatoms. The second-order valence-corrected chi connectivity index (χ2v) is 5.58. The molecule has 0 radical (unpaired) electrons. The number of halogens is 3. The van der Waals surface area contributed by atoms with Crippen LogP contribution in [0.25, 0.3) is 0 Å². The molecule has 0 aromatic carbocycles. The molecule has 2 unspecified atom stereocenters. The highest BCUT2D eigenvalue weighted by Crippen LogP contribution is 2.34. The highest BCUT2D eigenvalue weighted by Gasteiger charge is 2.42. The summed E-state index contributed by atoms with van der Waals surface area (Å²) in [6, 6.07) is 0. The van der Waals surface area contributed by atoms with Crippen molar-refractivity contribution in [3.8, 4) is 0 Å². The van der Waals surface area contributed by atoms with Crippen molar-refractivity contribution in [2.24, 2.45) is 0 Å². The molecule has 0 aromatic heterocycles. The van der Waals surface area contributed by atoms with Crippen LogP contribution in [0.4, 0.5) is 4.79 Å². The number of carbonyl (C=O) groups is 1. The van der Waals surface area contributed by atoms with E-state index in [1.54, 1.807) is 0 Å². The molecule has 0 aliphatic rings. The Kier molecular flexibility index (Phi) is 6.79. The molecule has 0 aliphatic heterocycles. The maximum atomic E-state index is 10.8. The molecule has 0 rings (SSSR count). The van der Waals surface area contributed by atoms with Crippen molar-refractivity contribution in [3.05, 3.63) is 0 Å². The predicted octanol–water partition coefficient (Wildman–Crippen LogP) is 1.55. The Morgan fingerprint density at radius 3 is 2.38 bits per heavy atom. The van der Waals surface area contributed by atoms with Crippen molar-refractivity contribution in [3.63, 3.8) is 0 Å². The summed E-state index contributed by atoms with van der Waals surface area (Å²) in [5, 5.41) is 19.8. The quantitative estimate of drug-likeness (QED) is 0.596. The van der Waals surface area contributed by atoms with Gasteiger partial charge in [-0.1, -0.05) is 36.5 Å². The van der Waals surface area contributed by atoms with Crippen LogP contribution in [0.5, 0.6) is 0 Å². The molecule has 1 N–H and O–H groups in total. The van der Waals surface area contributed by atoms with Crippen LogP contribution in [0.1, 0.15) is 26.7 Å². The molecule has 96 valence electrons. The summed E-state index contributed by atoms with van der Waals surface area (Å²) >= 11 is 17.3. The van der Waals surface area contributed by atoms with Crippen LogP contribution >= 0.6 is 34.8 Å². The fourth-order valence-electron chi connectivity index (χ4n) is 1.06. The van der Waals surface area contributed by atoms with Crippen molar-refractivity contribution in [2.75, 3.05) is 6.54 Å². The standard InChI is InChI=1S/C9H16Cl3NO3/c1-3-4-5-13(8(15)16)7(14)9(11,12)6(2)10/h6-7,14H,3-5H2,1-2H3,(H,15,16)/p-1. The molecule has 0 saturated carbocycles. The molecular weight excluding hydrogens is 276 g/mol. The van der Waals surface area contributed by atoms with Gasteiger partial charge in [-0.2, -0.15) is 0 Å². The van der Waals surface area contributed by atoms with Crippen LogP contribution in [-0.4, -0.2) is 38.6 Å². The molecule has 2 atom stereocenters. The predicted molar refractivity (Wildman–Crippen MR) is 62.8 cm³/mol. The Morgan fingerprint density at radius 2 is 2.06 bits per heavy atom. The lowest BCUT2D eigenvalue weighted by atomic mass is 10.2. The van der Waals surface area contributed by atoms with Crippen LogP contribution in [0, 0.1) is 0 Å². The summed E-state index contributed by atoms with van der Waals surface area (Å²) in [6.07, 6.45) is -1.79. The number of amides is 1. The molecule has 0 aromatic rings. The molecule has 0 spiro atoms. The first-order valence-corrected chi connectivity index (χ1v) is 6.11. The second kappa shape index (κ2) is 6.74. The van der Waals surface area contributed by atoms with Gasteiger partial charge in [0.2, 0.25) is 0 Å². The highest BCUT2D eigenvalue weighted by molar-refractivity contribution is 6.52. The third-order valence-electron chi connectivity index (χ3n) is 2.16. The number of aliphatic hydroxyl groups is 1. The largest absolute Gasteiger partial charge is 0.530 e. The van der Waals surface area contributed by atoms with Crippen LogP contribution < -0.4 is 5.11 Å². The van der Waals surface area contributed by atoms with Crippen LogP contribution in [-0.2, 0) is 0 Å². The Labute approximate surface area is 110 Å². The minimum atomic E-state index is -1.77. The second-order valence-electron chi connectivity index (χ2n) is 3.48. The van der Waals surface area contributed by atoms with Crippen LogP contribution in [0.15, 0.2) is 0 Å². The van der Waals surface area contributed by atoms with Gasteiger partial charge in [0.05, 0.1) is 5.38 Å². The molecule has 0 bridgehead atoms. The van der Waals surface area contributed by atoms with Gasteiger partial charge in [0, 0.05) is 6.54 Å². The van der Waals surface area contributed by atoms with E-state index in [0.717, 1.165) is 6.42 Å². The van der Waals surface area contributed by atoms with Crippen LogP contribution in [0.3, 0.4) is 0 Å². The molecule has 0 saturated heterocycles. The van der Waals surface area contributed by atoms with E-state index in [2.05, 4.69) is 0 Å². The lowest BCUT2D eigenvalue weighted by Crippen LogP contribution is -2.56. The number of nitrogens with zero attached hydrogens (tertiary/aromatic N) is 1. The topological polar surface area (TPSA) is 63.6 Å². The summed E-state index contributed by atoms with van der Waals surface area (Å²) in [5.74, 6) is 0. The lowest BCUT2D eigenvalue weighted by molar-refractivity contribution is -0.274. The van der Waals surface area contributed by atoms with Gasteiger partial charge in [-0.05, 0) is 13.3 Å². The third-order valence-corrected chi connectivity index (χ3v) is 3.77. The van der Waals surface area contributed by atoms with E-state index < -0.39 is 22.0 Å². The fraction of sp³-hybridized carbons (Fsp3) is 0.889. The normalized spacial score (nSPS) is 15.6. The molecule has 0 heterocycles. The van der Waals surface area contributed by atoms with Crippen molar-refractivity contribution < 1.29 is 15.0 Å². The number of rotatable bonds is 6. The number of unbranched alkanes of at least 4 members (excludes halogenated alkanes) is 1. The van der Waals surface area contributed by atoms with E-state index >= 15 is 0 Å². The SMILES string of the molecule is CCCCN(C(=O)[O-])C(O)C(Cl)(Cl)C(C)Cl. The Hall–Kier alpha value is 0.1000. The van der Waals surface area contributed by atoms with Gasteiger partial charge in [0.25, 0.3) is 0 Å². The van der Waals surface area contributed by atoms with Crippen molar-refractivity contribution >= 4 is 40.9 Å². The van der Waals surface area contributed by atoms with Gasteiger partial charge >= 0.3 is 0 Å². The van der Waals surface area contributed by atoms with E-state index in [1.165, 1.54) is 6.92 Å². The van der Waals surface area contributed by atoms with E-state index in [1.807, 2.05) is 6.92 Å². The van der Waals surface area contributed by atoms with Gasteiger partial charge in [-0.25, -0.2) is 0 Å². The first kappa shape index (κ1) is 16.1. The van der Waals surface area contributed by atoms with E-state index in [-0.39, 0.29) is 6.54 Å². The number of hydrogen-bond acceptors (Lipinski definition) is 3. The molecule has 4 nitrogen and oxygen atoms in total. The van der Waals surface area contributed by atoms with Crippen molar-refractivity contribution in [2.45, 2.75) is 42.6 Å². The number of alkyl halides is 3.